The van der Waals surface area contributed by atoms with E-state index in [4.69, 9.17) is 5.11 Å². The third-order valence-electron chi connectivity index (χ3n) is 2.87. The van der Waals surface area contributed by atoms with Gasteiger partial charge in [-0.05, 0) is 30.4 Å². The first-order chi connectivity index (χ1) is 7.27. The topological polar surface area (TPSA) is 37.3 Å². The molecule has 1 aromatic rings. The molecule has 0 radical (unpaired) electrons. The summed E-state index contributed by atoms with van der Waals surface area (Å²) in [4.78, 5) is 10.9. The highest BCUT2D eigenvalue weighted by molar-refractivity contribution is 5.76. The van der Waals surface area contributed by atoms with Gasteiger partial charge in [0.2, 0.25) is 0 Å². The van der Waals surface area contributed by atoms with Gasteiger partial charge in [0.15, 0.2) is 0 Å². The molecule has 1 N–H and O–H groups in total. The van der Waals surface area contributed by atoms with Crippen molar-refractivity contribution in [2.24, 2.45) is 5.92 Å². The number of benzene rings is 1. The van der Waals surface area contributed by atoms with Crippen LogP contribution in [0.15, 0.2) is 36.4 Å². The third-order valence-corrected chi connectivity index (χ3v) is 2.87. The van der Waals surface area contributed by atoms with Crippen LogP contribution in [-0.4, -0.2) is 11.1 Å². The Morgan fingerprint density at radius 2 is 2.00 bits per heavy atom. The van der Waals surface area contributed by atoms with Gasteiger partial charge in [0.05, 0.1) is 5.92 Å². The molecule has 0 saturated carbocycles. The Morgan fingerprint density at radius 1 is 1.27 bits per heavy atom. The van der Waals surface area contributed by atoms with Crippen LogP contribution in [0.2, 0.25) is 0 Å². The predicted octanol–water partition coefficient (Wildman–Crippen LogP) is 2.95. The minimum Gasteiger partial charge on any atom is -0.481 e. The zero-order valence-electron chi connectivity index (χ0n) is 8.52. The molecule has 0 bridgehead atoms. The van der Waals surface area contributed by atoms with Crippen LogP contribution in [0.25, 0.3) is 5.57 Å². The molecule has 0 fully saturated rings. The lowest BCUT2D eigenvalue weighted by atomic mass is 9.86. The monoisotopic (exact) mass is 202 g/mol. The summed E-state index contributed by atoms with van der Waals surface area (Å²) in [5.74, 6) is -0.873. The summed E-state index contributed by atoms with van der Waals surface area (Å²) in [5, 5.41) is 8.98. The van der Waals surface area contributed by atoms with Crippen LogP contribution in [0.1, 0.15) is 24.8 Å². The number of carboxylic acid groups (broad SMARTS) is 1. The average Bonchev–Trinajstić information content (AvgIpc) is 2.30. The Labute approximate surface area is 89.2 Å². The zero-order valence-corrected chi connectivity index (χ0v) is 8.52. The summed E-state index contributed by atoms with van der Waals surface area (Å²) in [6.45, 7) is 0. The molecule has 2 nitrogen and oxygen atoms in total. The normalized spacial score (nSPS) is 20.8. The predicted molar refractivity (Wildman–Crippen MR) is 59.4 cm³/mol. The maximum absolute atomic E-state index is 10.9. The number of hydrogen-bond donors (Lipinski definition) is 1. The van der Waals surface area contributed by atoms with Crippen LogP contribution in [0.4, 0.5) is 0 Å². The van der Waals surface area contributed by atoms with Crippen molar-refractivity contribution in [3.63, 3.8) is 0 Å². The van der Waals surface area contributed by atoms with Crippen LogP contribution in [-0.2, 0) is 4.79 Å². The highest BCUT2D eigenvalue weighted by atomic mass is 16.4. The summed E-state index contributed by atoms with van der Waals surface area (Å²) in [6, 6.07) is 10.0. The van der Waals surface area contributed by atoms with Crippen molar-refractivity contribution in [3.8, 4) is 0 Å². The van der Waals surface area contributed by atoms with Crippen molar-refractivity contribution in [3.05, 3.63) is 42.0 Å². The quantitative estimate of drug-likeness (QED) is 0.800. The fraction of sp³-hybridized carbons (Fsp3) is 0.308. The molecule has 2 heteroatoms. The average molecular weight is 202 g/mol. The molecule has 1 aliphatic rings. The second-order valence-electron chi connectivity index (χ2n) is 3.91. The number of carbonyl (C=O) groups is 1. The standard InChI is InChI=1S/C13H14O2/c14-13(15)12-8-4-7-11(9-12)10-5-2-1-3-6-10/h1-3,5-7,12H,4,8-9H2,(H,14,15)/t12-/m0/s1. The summed E-state index contributed by atoms with van der Waals surface area (Å²) in [6.07, 6.45) is 4.47. The van der Waals surface area contributed by atoms with E-state index in [2.05, 4.69) is 6.08 Å². The summed E-state index contributed by atoms with van der Waals surface area (Å²) in [5.41, 5.74) is 2.33. The van der Waals surface area contributed by atoms with Gasteiger partial charge in [-0.25, -0.2) is 0 Å². The second-order valence-corrected chi connectivity index (χ2v) is 3.91. The van der Waals surface area contributed by atoms with E-state index in [1.165, 1.54) is 5.57 Å². The molecule has 2 rings (SSSR count). The minimum absolute atomic E-state index is 0.204. The first kappa shape index (κ1) is 9.97. The van der Waals surface area contributed by atoms with Crippen molar-refractivity contribution in [1.82, 2.24) is 0 Å². The molecule has 1 atom stereocenters. The van der Waals surface area contributed by atoms with Crippen molar-refractivity contribution in [2.45, 2.75) is 19.3 Å². The van der Waals surface area contributed by atoms with Gasteiger partial charge < -0.3 is 5.11 Å². The van der Waals surface area contributed by atoms with Crippen LogP contribution < -0.4 is 0 Å². The zero-order chi connectivity index (χ0) is 10.7. The maximum Gasteiger partial charge on any atom is 0.306 e. The molecule has 1 aliphatic carbocycles. The van der Waals surface area contributed by atoms with Gasteiger partial charge in [0.25, 0.3) is 0 Å². The van der Waals surface area contributed by atoms with E-state index in [-0.39, 0.29) is 5.92 Å². The highest BCUT2D eigenvalue weighted by Crippen LogP contribution is 2.30. The molecule has 0 aromatic heterocycles. The molecule has 0 aliphatic heterocycles. The van der Waals surface area contributed by atoms with Gasteiger partial charge in [0, 0.05) is 0 Å². The molecule has 78 valence electrons. The van der Waals surface area contributed by atoms with E-state index in [0.29, 0.717) is 6.42 Å². The van der Waals surface area contributed by atoms with Gasteiger partial charge in [-0.3, -0.25) is 4.79 Å². The number of carboxylic acids is 1. The van der Waals surface area contributed by atoms with E-state index in [0.717, 1.165) is 18.4 Å². The number of rotatable bonds is 2. The van der Waals surface area contributed by atoms with Gasteiger partial charge in [-0.1, -0.05) is 36.4 Å². The fourth-order valence-corrected chi connectivity index (χ4v) is 2.01. The Balaban J connectivity index is 2.18. The second kappa shape index (κ2) is 4.30. The fourth-order valence-electron chi connectivity index (χ4n) is 2.01. The lowest BCUT2D eigenvalue weighted by Gasteiger charge is -2.19. The van der Waals surface area contributed by atoms with Crippen LogP contribution in [0.3, 0.4) is 0 Å². The summed E-state index contributed by atoms with van der Waals surface area (Å²) >= 11 is 0. The van der Waals surface area contributed by atoms with E-state index in [1.54, 1.807) is 0 Å². The number of aliphatic carboxylic acids is 1. The smallest absolute Gasteiger partial charge is 0.306 e. The van der Waals surface area contributed by atoms with Crippen LogP contribution in [0, 0.1) is 5.92 Å². The molecule has 1 aromatic carbocycles. The molecular weight excluding hydrogens is 188 g/mol. The third kappa shape index (κ3) is 2.27. The van der Waals surface area contributed by atoms with Crippen LogP contribution >= 0.6 is 0 Å². The highest BCUT2D eigenvalue weighted by Gasteiger charge is 2.22. The van der Waals surface area contributed by atoms with Gasteiger partial charge >= 0.3 is 5.97 Å². The van der Waals surface area contributed by atoms with E-state index in [1.807, 2.05) is 30.3 Å². The Bertz CT molecular complexity index is 379. The van der Waals surface area contributed by atoms with Gasteiger partial charge in [-0.15, -0.1) is 0 Å². The van der Waals surface area contributed by atoms with Gasteiger partial charge in [0.1, 0.15) is 0 Å². The maximum atomic E-state index is 10.9. The van der Waals surface area contributed by atoms with E-state index < -0.39 is 5.97 Å². The summed E-state index contributed by atoms with van der Waals surface area (Å²) in [7, 11) is 0. The van der Waals surface area contributed by atoms with Crippen molar-refractivity contribution >= 4 is 11.5 Å². The Hall–Kier alpha value is -1.57. The lowest BCUT2D eigenvalue weighted by Crippen LogP contribution is -2.16. The molecule has 0 saturated heterocycles. The van der Waals surface area contributed by atoms with E-state index in [9.17, 15) is 4.79 Å². The lowest BCUT2D eigenvalue weighted by molar-refractivity contribution is -0.141. The molecule has 15 heavy (non-hydrogen) atoms. The minimum atomic E-state index is -0.670. The Morgan fingerprint density at radius 3 is 2.67 bits per heavy atom. The molecule has 0 amide bonds. The Kier molecular flexibility index (Phi) is 2.86. The summed E-state index contributed by atoms with van der Waals surface area (Å²) < 4.78 is 0. The SMILES string of the molecule is O=C(O)[C@H]1CCC=C(c2ccccc2)C1. The van der Waals surface area contributed by atoms with Crippen molar-refractivity contribution in [2.75, 3.05) is 0 Å². The molecule has 0 heterocycles. The number of allylic oxidation sites excluding steroid dienone is 2. The first-order valence-corrected chi connectivity index (χ1v) is 5.24. The van der Waals surface area contributed by atoms with Crippen molar-refractivity contribution < 1.29 is 9.90 Å². The number of hydrogen-bond acceptors (Lipinski definition) is 1. The van der Waals surface area contributed by atoms with Crippen LogP contribution in [0.5, 0.6) is 0 Å². The van der Waals surface area contributed by atoms with E-state index >= 15 is 0 Å². The first-order valence-electron chi connectivity index (χ1n) is 5.24. The molecule has 0 spiro atoms. The molecular formula is C13H14O2. The largest absolute Gasteiger partial charge is 0.481 e. The van der Waals surface area contributed by atoms with Crippen molar-refractivity contribution in [1.29, 1.82) is 0 Å². The molecule has 0 unspecified atom stereocenters. The van der Waals surface area contributed by atoms with Gasteiger partial charge in [-0.2, -0.15) is 0 Å².